The van der Waals surface area contributed by atoms with Crippen molar-refractivity contribution < 1.29 is 13.2 Å². The maximum Gasteiger partial charge on any atom is 0.228 e. The van der Waals surface area contributed by atoms with Crippen LogP contribution in [0.1, 0.15) is 12.0 Å². The van der Waals surface area contributed by atoms with Gasteiger partial charge in [-0.3, -0.25) is 4.79 Å². The number of carbonyl (C=O) groups excluding carboxylic acids is 1. The molecule has 0 aromatic heterocycles. The van der Waals surface area contributed by atoms with Gasteiger partial charge in [0.1, 0.15) is 5.25 Å². The van der Waals surface area contributed by atoms with Crippen LogP contribution in [0, 0.1) is 6.92 Å². The maximum atomic E-state index is 11.8. The lowest BCUT2D eigenvalue weighted by Gasteiger charge is -2.18. The van der Waals surface area contributed by atoms with Gasteiger partial charge in [-0.2, -0.15) is 0 Å². The fraction of sp³-hybridized carbons (Fsp3) is 0.364. The molecule has 98 valence electrons. The van der Waals surface area contributed by atoms with Gasteiger partial charge < -0.3 is 10.6 Å². The smallest absolute Gasteiger partial charge is 0.228 e. The van der Waals surface area contributed by atoms with Crippen LogP contribution in [-0.2, 0) is 14.8 Å². The van der Waals surface area contributed by atoms with Crippen LogP contribution >= 0.6 is 0 Å². The summed E-state index contributed by atoms with van der Waals surface area (Å²) in [4.78, 5) is 13.2. The Hall–Kier alpha value is -1.60. The van der Waals surface area contributed by atoms with Crippen molar-refractivity contribution in [3.05, 3.63) is 23.8 Å². The summed E-state index contributed by atoms with van der Waals surface area (Å²) in [6, 6.07) is 5.28. The van der Waals surface area contributed by atoms with E-state index in [4.69, 9.17) is 10.9 Å². The van der Waals surface area contributed by atoms with E-state index in [1.54, 1.807) is 12.1 Å². The molecule has 1 aliphatic heterocycles. The molecule has 1 heterocycles. The van der Waals surface area contributed by atoms with E-state index in [1.165, 1.54) is 4.90 Å². The fourth-order valence-electron chi connectivity index (χ4n) is 2.05. The highest BCUT2D eigenvalue weighted by Gasteiger charge is 2.37. The minimum Gasteiger partial charge on any atom is -0.397 e. The van der Waals surface area contributed by atoms with Gasteiger partial charge in [0.15, 0.2) is 0 Å². The van der Waals surface area contributed by atoms with E-state index < -0.39 is 15.3 Å². The quantitative estimate of drug-likeness (QED) is 0.735. The van der Waals surface area contributed by atoms with Crippen LogP contribution < -0.4 is 15.8 Å². The van der Waals surface area contributed by atoms with Crippen LogP contribution in [0.2, 0.25) is 0 Å². The Balaban J connectivity index is 2.33. The molecule has 4 N–H and O–H groups in total. The first-order valence-electron chi connectivity index (χ1n) is 5.47. The first-order valence-corrected chi connectivity index (χ1v) is 7.08. The molecule has 1 unspecified atom stereocenters. The van der Waals surface area contributed by atoms with Crippen molar-refractivity contribution in [1.82, 2.24) is 0 Å². The lowest BCUT2D eigenvalue weighted by molar-refractivity contribution is -0.117. The van der Waals surface area contributed by atoms with Gasteiger partial charge in [0.25, 0.3) is 0 Å². The van der Waals surface area contributed by atoms with Crippen molar-refractivity contribution >= 4 is 27.3 Å². The van der Waals surface area contributed by atoms with Gasteiger partial charge in [-0.05, 0) is 24.6 Å². The van der Waals surface area contributed by atoms with Crippen LogP contribution in [0.4, 0.5) is 11.4 Å². The largest absolute Gasteiger partial charge is 0.397 e. The van der Waals surface area contributed by atoms with E-state index in [0.717, 1.165) is 5.56 Å². The topological polar surface area (TPSA) is 106 Å². The molecule has 0 radical (unpaired) electrons. The highest BCUT2D eigenvalue weighted by atomic mass is 32.2. The summed E-state index contributed by atoms with van der Waals surface area (Å²) in [5, 5.41) is 4.21. The first kappa shape index (κ1) is 12.8. The average molecular weight is 269 g/mol. The van der Waals surface area contributed by atoms with Gasteiger partial charge >= 0.3 is 0 Å². The minimum atomic E-state index is -3.70. The zero-order valence-corrected chi connectivity index (χ0v) is 10.8. The molecule has 0 aliphatic carbocycles. The lowest BCUT2D eigenvalue weighted by atomic mass is 10.2. The number of primary sulfonamides is 1. The van der Waals surface area contributed by atoms with E-state index in [0.29, 0.717) is 11.4 Å². The Morgan fingerprint density at radius 3 is 2.56 bits per heavy atom. The number of anilines is 2. The second kappa shape index (κ2) is 4.25. The summed E-state index contributed by atoms with van der Waals surface area (Å²) in [6.45, 7) is 1.95. The van der Waals surface area contributed by atoms with Crippen molar-refractivity contribution in [2.75, 3.05) is 17.2 Å². The monoisotopic (exact) mass is 269 g/mol. The predicted octanol–water partition coefficient (Wildman–Crippen LogP) is -0.0290. The van der Waals surface area contributed by atoms with Gasteiger partial charge in [0.05, 0.1) is 11.4 Å². The number of rotatable bonds is 2. The number of aryl methyl sites for hydroxylation is 1. The van der Waals surface area contributed by atoms with Crippen molar-refractivity contribution in [2.45, 2.75) is 18.6 Å². The third-order valence-electron chi connectivity index (χ3n) is 3.03. The molecular weight excluding hydrogens is 254 g/mol. The second-order valence-corrected chi connectivity index (χ2v) is 6.33. The Morgan fingerprint density at radius 1 is 1.39 bits per heavy atom. The van der Waals surface area contributed by atoms with Crippen molar-refractivity contribution in [3.8, 4) is 0 Å². The average Bonchev–Trinajstić information content (AvgIpc) is 2.60. The van der Waals surface area contributed by atoms with E-state index >= 15 is 0 Å². The van der Waals surface area contributed by atoms with Gasteiger partial charge in [-0.15, -0.1) is 0 Å². The number of hydrogen-bond acceptors (Lipinski definition) is 4. The number of nitrogens with zero attached hydrogens (tertiary/aromatic N) is 1. The highest BCUT2D eigenvalue weighted by Crippen LogP contribution is 2.29. The summed E-state index contributed by atoms with van der Waals surface area (Å²) in [5.74, 6) is -0.274. The number of nitrogens with two attached hydrogens (primary N) is 2. The van der Waals surface area contributed by atoms with E-state index in [9.17, 15) is 13.2 Å². The lowest BCUT2D eigenvalue weighted by Crippen LogP contribution is -2.32. The van der Waals surface area contributed by atoms with Gasteiger partial charge in [-0.25, -0.2) is 13.6 Å². The molecule has 6 nitrogen and oxygen atoms in total. The molecule has 7 heteroatoms. The summed E-state index contributed by atoms with van der Waals surface area (Å²) in [7, 11) is -3.70. The molecule has 1 fully saturated rings. The van der Waals surface area contributed by atoms with E-state index in [1.807, 2.05) is 13.0 Å². The first-order chi connectivity index (χ1) is 8.29. The number of amides is 1. The molecule has 0 bridgehead atoms. The Bertz CT molecular complexity index is 598. The van der Waals surface area contributed by atoms with Crippen molar-refractivity contribution in [1.29, 1.82) is 0 Å². The van der Waals surface area contributed by atoms with E-state index in [-0.39, 0.29) is 18.9 Å². The Kier molecular flexibility index (Phi) is 3.04. The molecular formula is C11H15N3O3S. The molecule has 1 saturated heterocycles. The van der Waals surface area contributed by atoms with Gasteiger partial charge in [0, 0.05) is 13.0 Å². The number of nitrogen functional groups attached to an aromatic ring is 1. The van der Waals surface area contributed by atoms with Gasteiger partial charge in [-0.1, -0.05) is 6.07 Å². The number of sulfonamides is 1. The zero-order chi connectivity index (χ0) is 13.5. The van der Waals surface area contributed by atoms with Crippen LogP contribution in [0.5, 0.6) is 0 Å². The second-order valence-electron chi connectivity index (χ2n) is 4.48. The summed E-state index contributed by atoms with van der Waals surface area (Å²) in [6.07, 6.45) is -0.0911. The molecule has 0 spiro atoms. The van der Waals surface area contributed by atoms with E-state index in [2.05, 4.69) is 0 Å². The minimum absolute atomic E-state index is 0.0604. The van der Waals surface area contributed by atoms with Crippen molar-refractivity contribution in [2.24, 2.45) is 5.14 Å². The van der Waals surface area contributed by atoms with Crippen LogP contribution in [-0.4, -0.2) is 26.1 Å². The molecule has 1 aliphatic rings. The maximum absolute atomic E-state index is 11.8. The summed E-state index contributed by atoms with van der Waals surface area (Å²) >= 11 is 0. The zero-order valence-electron chi connectivity index (χ0n) is 9.96. The third-order valence-corrected chi connectivity index (χ3v) is 4.27. The molecule has 1 amide bonds. The SMILES string of the molecule is Cc1ccc(N2CC(S(N)(=O)=O)CC2=O)c(N)c1. The fourth-order valence-corrected chi connectivity index (χ4v) is 2.78. The molecule has 1 atom stereocenters. The van der Waals surface area contributed by atoms with Crippen molar-refractivity contribution in [3.63, 3.8) is 0 Å². The van der Waals surface area contributed by atoms with Gasteiger partial charge in [0.2, 0.25) is 15.9 Å². The molecule has 1 aromatic carbocycles. The summed E-state index contributed by atoms with van der Waals surface area (Å²) < 4.78 is 22.5. The Labute approximate surface area is 106 Å². The molecule has 18 heavy (non-hydrogen) atoms. The molecule has 0 saturated carbocycles. The number of benzene rings is 1. The Morgan fingerprint density at radius 2 is 2.06 bits per heavy atom. The molecule has 2 rings (SSSR count). The number of carbonyl (C=O) groups is 1. The predicted molar refractivity (Wildman–Crippen MR) is 69.5 cm³/mol. The van der Waals surface area contributed by atoms with Crippen LogP contribution in [0.3, 0.4) is 0 Å². The van der Waals surface area contributed by atoms with Crippen LogP contribution in [0.25, 0.3) is 0 Å². The third kappa shape index (κ3) is 2.32. The molecule has 1 aromatic rings. The van der Waals surface area contributed by atoms with Crippen LogP contribution in [0.15, 0.2) is 18.2 Å². The standard InChI is InChI=1S/C11H15N3O3S/c1-7-2-3-10(9(12)4-7)14-6-8(5-11(14)15)18(13,16)17/h2-4,8H,5-6,12H2,1H3,(H2,13,16,17). The highest BCUT2D eigenvalue weighted by molar-refractivity contribution is 7.89. The summed E-state index contributed by atoms with van der Waals surface area (Å²) in [5.41, 5.74) is 7.82. The number of hydrogen-bond donors (Lipinski definition) is 2. The normalized spacial score (nSPS) is 20.4.